The molecule has 0 aromatic heterocycles. The van der Waals surface area contributed by atoms with Crippen molar-refractivity contribution in [2.24, 2.45) is 16.0 Å². The van der Waals surface area contributed by atoms with Crippen LogP contribution in [0.25, 0.3) is 0 Å². The van der Waals surface area contributed by atoms with Crippen molar-refractivity contribution in [3.8, 4) is 0 Å². The summed E-state index contributed by atoms with van der Waals surface area (Å²) in [6.07, 6.45) is 7.76. The third-order valence-corrected chi connectivity index (χ3v) is 1.28. The monoisotopic (exact) mass is 196 g/mol. The first-order valence-corrected chi connectivity index (χ1v) is 3.83. The van der Waals surface area contributed by atoms with Crippen LogP contribution in [0.2, 0.25) is 0 Å². The fourth-order valence-electron chi connectivity index (χ4n) is 0.669. The molecule has 0 saturated heterocycles. The predicted octanol–water partition coefficient (Wildman–Crippen LogP) is 1.30. The van der Waals surface area contributed by atoms with Crippen LogP contribution >= 0.6 is 12.2 Å². The lowest BCUT2D eigenvalue weighted by atomic mass is 10.2. The van der Waals surface area contributed by atoms with Gasteiger partial charge < -0.3 is 5.73 Å². The predicted molar refractivity (Wildman–Crippen MR) is 51.6 cm³/mol. The van der Waals surface area contributed by atoms with Gasteiger partial charge >= 0.3 is 0 Å². The molecule has 5 nitrogen and oxygen atoms in total. The SMILES string of the molecule is NC(=S)N=NC=C1C=CN(O)C=C1. The van der Waals surface area contributed by atoms with Gasteiger partial charge in [-0.25, -0.2) is 5.06 Å². The molecule has 0 saturated carbocycles. The number of hydrogen-bond donors (Lipinski definition) is 2. The third kappa shape index (κ3) is 3.59. The van der Waals surface area contributed by atoms with Gasteiger partial charge in [0.05, 0.1) is 6.20 Å². The Morgan fingerprint density at radius 2 is 2.15 bits per heavy atom. The fourth-order valence-corrected chi connectivity index (χ4v) is 0.716. The topological polar surface area (TPSA) is 74.2 Å². The Kier molecular flexibility index (Phi) is 3.30. The fraction of sp³-hybridized carbons (Fsp3) is 0. The van der Waals surface area contributed by atoms with E-state index in [4.69, 9.17) is 10.9 Å². The minimum absolute atomic E-state index is 0.00981. The van der Waals surface area contributed by atoms with Gasteiger partial charge in [-0.15, -0.1) is 5.11 Å². The van der Waals surface area contributed by atoms with E-state index < -0.39 is 0 Å². The molecule has 0 bridgehead atoms. The number of azo groups is 1. The van der Waals surface area contributed by atoms with Gasteiger partial charge in [-0.3, -0.25) is 5.21 Å². The number of rotatable bonds is 1. The van der Waals surface area contributed by atoms with E-state index in [2.05, 4.69) is 22.4 Å². The van der Waals surface area contributed by atoms with Crippen molar-refractivity contribution in [1.82, 2.24) is 5.06 Å². The Morgan fingerprint density at radius 1 is 1.54 bits per heavy atom. The molecule has 1 heterocycles. The molecule has 0 fully saturated rings. The zero-order valence-electron chi connectivity index (χ0n) is 6.66. The van der Waals surface area contributed by atoms with Gasteiger partial charge in [0.15, 0.2) is 0 Å². The van der Waals surface area contributed by atoms with Gasteiger partial charge in [-0.05, 0) is 29.9 Å². The molecule has 0 aromatic carbocycles. The number of hydrogen-bond acceptors (Lipinski definition) is 4. The van der Waals surface area contributed by atoms with Crippen molar-refractivity contribution in [2.45, 2.75) is 0 Å². The molecule has 3 N–H and O–H groups in total. The maximum Gasteiger partial charge on any atom is 0.211 e. The molecule has 0 amide bonds. The van der Waals surface area contributed by atoms with E-state index in [1.165, 1.54) is 18.6 Å². The number of hydroxylamine groups is 2. The molecule has 68 valence electrons. The van der Waals surface area contributed by atoms with Crippen LogP contribution in [0.1, 0.15) is 0 Å². The van der Waals surface area contributed by atoms with Crippen LogP contribution in [-0.4, -0.2) is 15.4 Å². The van der Waals surface area contributed by atoms with E-state index in [1.807, 2.05) is 0 Å². The Bertz CT molecular complexity index is 302. The summed E-state index contributed by atoms with van der Waals surface area (Å²) in [4.78, 5) is 0. The van der Waals surface area contributed by atoms with Crippen LogP contribution in [0.3, 0.4) is 0 Å². The molecule has 1 aliphatic rings. The smallest absolute Gasteiger partial charge is 0.211 e. The number of nitrogens with zero attached hydrogens (tertiary/aromatic N) is 3. The Morgan fingerprint density at radius 3 is 2.69 bits per heavy atom. The minimum atomic E-state index is -0.00981. The van der Waals surface area contributed by atoms with E-state index >= 15 is 0 Å². The summed E-state index contributed by atoms with van der Waals surface area (Å²) < 4.78 is 0. The third-order valence-electron chi connectivity index (χ3n) is 1.20. The van der Waals surface area contributed by atoms with Gasteiger partial charge in [0.25, 0.3) is 0 Å². The molecular formula is C7H8N4OS. The van der Waals surface area contributed by atoms with Crippen LogP contribution in [0.5, 0.6) is 0 Å². The standard InChI is InChI=1S/C7H8N4OS/c8-7(13)10-9-5-6-1-3-11(12)4-2-6/h1-5,12H,(H2,8,13). The first-order chi connectivity index (χ1) is 6.18. The van der Waals surface area contributed by atoms with E-state index in [-0.39, 0.29) is 5.11 Å². The quantitative estimate of drug-likeness (QED) is 0.489. The average molecular weight is 196 g/mol. The summed E-state index contributed by atoms with van der Waals surface area (Å²) in [7, 11) is 0. The first kappa shape index (κ1) is 9.56. The maximum atomic E-state index is 8.88. The second-order valence-corrected chi connectivity index (χ2v) is 2.61. The highest BCUT2D eigenvalue weighted by Gasteiger charge is 1.94. The van der Waals surface area contributed by atoms with Crippen molar-refractivity contribution < 1.29 is 5.21 Å². The molecule has 0 aromatic rings. The number of thiocarbonyl (C=S) groups is 1. The molecule has 0 atom stereocenters. The van der Waals surface area contributed by atoms with Gasteiger partial charge in [-0.1, -0.05) is 0 Å². The van der Waals surface area contributed by atoms with Crippen LogP contribution in [-0.2, 0) is 0 Å². The van der Waals surface area contributed by atoms with Gasteiger partial charge in [0, 0.05) is 12.4 Å². The lowest BCUT2D eigenvalue weighted by molar-refractivity contribution is 0.0105. The van der Waals surface area contributed by atoms with Crippen molar-refractivity contribution in [3.63, 3.8) is 0 Å². The molecule has 0 aliphatic carbocycles. The summed E-state index contributed by atoms with van der Waals surface area (Å²) >= 11 is 4.48. The van der Waals surface area contributed by atoms with E-state index in [0.29, 0.717) is 0 Å². The Balaban J connectivity index is 2.59. The van der Waals surface area contributed by atoms with Crippen molar-refractivity contribution in [3.05, 3.63) is 36.3 Å². The minimum Gasteiger partial charge on any atom is -0.373 e. The lowest BCUT2D eigenvalue weighted by Gasteiger charge is -2.08. The van der Waals surface area contributed by atoms with Crippen molar-refractivity contribution >= 4 is 17.3 Å². The van der Waals surface area contributed by atoms with Gasteiger partial charge in [0.1, 0.15) is 0 Å². The van der Waals surface area contributed by atoms with Gasteiger partial charge in [-0.2, -0.15) is 5.11 Å². The maximum absolute atomic E-state index is 8.88. The molecule has 1 aliphatic heterocycles. The zero-order chi connectivity index (χ0) is 9.68. The Hall–Kier alpha value is -1.53. The van der Waals surface area contributed by atoms with Crippen LogP contribution in [0, 0.1) is 0 Å². The molecule has 0 spiro atoms. The number of allylic oxidation sites excluding steroid dienone is 3. The number of nitrogens with two attached hydrogens (primary N) is 1. The van der Waals surface area contributed by atoms with Crippen LogP contribution in [0.15, 0.2) is 46.6 Å². The lowest BCUT2D eigenvalue weighted by Crippen LogP contribution is -2.04. The first-order valence-electron chi connectivity index (χ1n) is 3.42. The summed E-state index contributed by atoms with van der Waals surface area (Å²) in [5.74, 6) is 0. The summed E-state index contributed by atoms with van der Waals surface area (Å²) in [6, 6.07) is 0. The van der Waals surface area contributed by atoms with E-state index in [1.54, 1.807) is 12.2 Å². The highest BCUT2D eigenvalue weighted by molar-refractivity contribution is 7.80. The second kappa shape index (κ2) is 4.48. The summed E-state index contributed by atoms with van der Waals surface area (Å²) in [6.45, 7) is 0. The van der Waals surface area contributed by atoms with Gasteiger partial charge in [0.2, 0.25) is 5.11 Å². The molecule has 13 heavy (non-hydrogen) atoms. The largest absolute Gasteiger partial charge is 0.373 e. The highest BCUT2D eigenvalue weighted by atomic mass is 32.1. The van der Waals surface area contributed by atoms with Crippen molar-refractivity contribution in [2.75, 3.05) is 0 Å². The van der Waals surface area contributed by atoms with E-state index in [9.17, 15) is 0 Å². The molecular weight excluding hydrogens is 188 g/mol. The highest BCUT2D eigenvalue weighted by Crippen LogP contribution is 2.07. The zero-order valence-corrected chi connectivity index (χ0v) is 7.48. The normalized spacial score (nSPS) is 15.5. The molecule has 0 radical (unpaired) electrons. The summed E-state index contributed by atoms with van der Waals surface area (Å²) in [5.41, 5.74) is 5.88. The molecule has 1 rings (SSSR count). The molecule has 6 heteroatoms. The Labute approximate surface area is 80.5 Å². The van der Waals surface area contributed by atoms with Crippen LogP contribution in [0.4, 0.5) is 0 Å². The van der Waals surface area contributed by atoms with Crippen LogP contribution < -0.4 is 5.73 Å². The molecule has 0 unspecified atom stereocenters. The average Bonchev–Trinajstić information content (AvgIpc) is 2.08. The summed E-state index contributed by atoms with van der Waals surface area (Å²) in [5, 5.41) is 16.9. The second-order valence-electron chi connectivity index (χ2n) is 2.19. The van der Waals surface area contributed by atoms with Crippen molar-refractivity contribution in [1.29, 1.82) is 0 Å². The van der Waals surface area contributed by atoms with E-state index in [0.717, 1.165) is 10.6 Å².